The van der Waals surface area contributed by atoms with Crippen molar-refractivity contribution in [1.29, 1.82) is 0 Å². The van der Waals surface area contributed by atoms with Crippen molar-refractivity contribution in [2.75, 3.05) is 0 Å². The minimum atomic E-state index is -2.61. The van der Waals surface area contributed by atoms with Crippen LogP contribution in [0.5, 0.6) is 0 Å². The fourth-order valence-corrected chi connectivity index (χ4v) is 0. The molecular formula is H5FeLiO6S2. The van der Waals surface area contributed by atoms with Crippen molar-refractivity contribution in [2.45, 2.75) is 0 Å². The summed E-state index contributed by atoms with van der Waals surface area (Å²) >= 11 is -5.22. The topological polar surface area (TPSA) is 115 Å². The van der Waals surface area contributed by atoms with Gasteiger partial charge in [-0.3, -0.25) is 18.2 Å². The van der Waals surface area contributed by atoms with E-state index in [-0.39, 0.29) is 37.4 Å². The molecule has 0 fully saturated rings. The van der Waals surface area contributed by atoms with Crippen LogP contribution in [-0.2, 0) is 39.8 Å². The summed E-state index contributed by atoms with van der Waals surface area (Å²) in [6.07, 6.45) is 0. The molecule has 10 heavy (non-hydrogen) atoms. The van der Waals surface area contributed by atoms with Crippen molar-refractivity contribution in [1.82, 2.24) is 0 Å². The van der Waals surface area contributed by atoms with Crippen LogP contribution in [0.1, 0.15) is 1.43 Å². The van der Waals surface area contributed by atoms with Gasteiger partial charge in [0.2, 0.25) is 0 Å². The average Bonchev–Trinajstić information content (AvgIpc) is 1.25. The van der Waals surface area contributed by atoms with E-state index in [4.69, 9.17) is 26.6 Å². The van der Waals surface area contributed by atoms with Gasteiger partial charge in [0.15, 0.2) is 0 Å². The fraction of sp³-hybridized carbons (Fsp3) is 0. The largest absolute Gasteiger partial charge is 1.00 e. The van der Waals surface area contributed by atoms with Crippen molar-refractivity contribution in [3.63, 3.8) is 0 Å². The molecule has 10 heteroatoms. The van der Waals surface area contributed by atoms with E-state index < -0.39 is 22.7 Å². The molecule has 0 spiro atoms. The molecule has 0 aromatic heterocycles. The third kappa shape index (κ3) is 399. The summed E-state index contributed by atoms with van der Waals surface area (Å²) in [5.74, 6) is 0. The van der Waals surface area contributed by atoms with Crippen LogP contribution >= 0.6 is 0 Å². The average molecular weight is 228 g/mol. The van der Waals surface area contributed by atoms with Crippen LogP contribution in [0.25, 0.3) is 0 Å². The monoisotopic (exact) mass is 228 g/mol. The maximum atomic E-state index is 8.67. The summed E-state index contributed by atoms with van der Waals surface area (Å²) in [5, 5.41) is 0. The number of hydrogen-bond donors (Lipinski definition) is 4. The van der Waals surface area contributed by atoms with Crippen molar-refractivity contribution < 1.29 is 64.0 Å². The Morgan fingerprint density at radius 1 is 0.900 bits per heavy atom. The molecular weight excluding hydrogens is 223 g/mol. The van der Waals surface area contributed by atoms with Crippen molar-refractivity contribution in [3.8, 4) is 0 Å². The van der Waals surface area contributed by atoms with Crippen molar-refractivity contribution in [2.24, 2.45) is 0 Å². The van der Waals surface area contributed by atoms with Crippen molar-refractivity contribution in [3.05, 3.63) is 0 Å². The van der Waals surface area contributed by atoms with Crippen molar-refractivity contribution >= 4 is 22.7 Å². The van der Waals surface area contributed by atoms with E-state index in [1.165, 1.54) is 0 Å². The second kappa shape index (κ2) is 16.7. The predicted octanol–water partition coefficient (Wildman–Crippen LogP) is -3.52. The molecule has 0 saturated carbocycles. The first-order valence-electron chi connectivity index (χ1n) is 1.06. The van der Waals surface area contributed by atoms with Crippen LogP contribution < -0.4 is 18.9 Å². The van der Waals surface area contributed by atoms with E-state index in [1.807, 2.05) is 0 Å². The summed E-state index contributed by atoms with van der Waals surface area (Å²) in [7, 11) is 0. The zero-order valence-electron chi connectivity index (χ0n) is 5.78. The minimum Gasteiger partial charge on any atom is -1.00 e. The summed E-state index contributed by atoms with van der Waals surface area (Å²) in [5.41, 5.74) is 0. The first kappa shape index (κ1) is 22.5. The molecule has 0 rings (SSSR count). The van der Waals surface area contributed by atoms with E-state index in [2.05, 4.69) is 0 Å². The molecule has 6 nitrogen and oxygen atoms in total. The van der Waals surface area contributed by atoms with Gasteiger partial charge in [0.25, 0.3) is 22.7 Å². The van der Waals surface area contributed by atoms with E-state index in [1.54, 1.807) is 0 Å². The molecule has 0 aromatic rings. The number of rotatable bonds is 0. The Hall–Kier alpha value is 1.26. The Morgan fingerprint density at radius 2 is 0.900 bits per heavy atom. The summed E-state index contributed by atoms with van der Waals surface area (Å²) < 4.78 is 45.7. The smallest absolute Gasteiger partial charge is 1.00 e. The molecule has 62 valence electrons. The normalized spacial score (nSPS) is 7.00. The molecule has 0 aliphatic carbocycles. The predicted molar refractivity (Wildman–Crippen MR) is 27.9 cm³/mol. The van der Waals surface area contributed by atoms with E-state index >= 15 is 0 Å². The summed E-state index contributed by atoms with van der Waals surface area (Å²) in [4.78, 5) is 0. The fourth-order valence-electron chi connectivity index (χ4n) is 0. The molecule has 0 bridgehead atoms. The van der Waals surface area contributed by atoms with Gasteiger partial charge < -0.3 is 1.43 Å². The Kier molecular flexibility index (Phi) is 37.5. The molecule has 0 radical (unpaired) electrons. The zero-order chi connectivity index (χ0) is 7.15. The molecule has 0 aliphatic rings. The molecule has 0 heterocycles. The minimum absolute atomic E-state index is 0. The molecule has 0 aliphatic heterocycles. The van der Waals surface area contributed by atoms with Crippen LogP contribution in [0.15, 0.2) is 0 Å². The third-order valence-corrected chi connectivity index (χ3v) is 0. The van der Waals surface area contributed by atoms with Gasteiger partial charge >= 0.3 is 18.9 Å². The first-order chi connectivity index (χ1) is 3.46. The van der Waals surface area contributed by atoms with Gasteiger partial charge in [-0.25, -0.2) is 0 Å². The molecule has 0 unspecified atom stereocenters. The maximum Gasteiger partial charge on any atom is 1.00 e. The summed E-state index contributed by atoms with van der Waals surface area (Å²) in [6.45, 7) is 0. The van der Waals surface area contributed by atoms with Crippen LogP contribution in [0.3, 0.4) is 0 Å². The van der Waals surface area contributed by atoms with Gasteiger partial charge in [-0.1, -0.05) is 0 Å². The molecule has 4 N–H and O–H groups in total. The second-order valence-corrected chi connectivity index (χ2v) is 1.38. The summed E-state index contributed by atoms with van der Waals surface area (Å²) in [6, 6.07) is 0. The zero-order valence-corrected chi connectivity index (χ0v) is 7.51. The maximum absolute atomic E-state index is 8.67. The second-order valence-electron chi connectivity index (χ2n) is 0.461. The van der Waals surface area contributed by atoms with Crippen LogP contribution in [-0.4, -0.2) is 26.6 Å². The van der Waals surface area contributed by atoms with Crippen LogP contribution in [0.4, 0.5) is 0 Å². The standard InChI is InChI=1S/Fe.Li.2H2O3S.H/c;;2*1-4(2)3;/h;;2*(H2,1,2,3);/q;+1;;;-1. The third-order valence-electron chi connectivity index (χ3n) is 0. The molecule has 0 saturated heterocycles. The quantitative estimate of drug-likeness (QED) is 0.252. The Morgan fingerprint density at radius 3 is 0.900 bits per heavy atom. The Bertz CT molecular complexity index is 78.6. The number of hydrogen-bond acceptors (Lipinski definition) is 2. The molecule has 0 aromatic carbocycles. The molecule has 0 atom stereocenters. The SMILES string of the molecule is O=S(O)O.O=S(O)O.[Fe].[H-].[Li+]. The van der Waals surface area contributed by atoms with Gasteiger partial charge in [-0.15, -0.1) is 0 Å². The van der Waals surface area contributed by atoms with Crippen LogP contribution in [0.2, 0.25) is 0 Å². The van der Waals surface area contributed by atoms with Gasteiger partial charge in [-0.2, -0.15) is 8.42 Å². The Labute approximate surface area is 86.5 Å². The van der Waals surface area contributed by atoms with Gasteiger partial charge in [0.1, 0.15) is 0 Å². The van der Waals surface area contributed by atoms with E-state index in [9.17, 15) is 0 Å². The first-order valence-corrected chi connectivity index (χ1v) is 3.19. The van der Waals surface area contributed by atoms with E-state index in [0.717, 1.165) is 0 Å². The van der Waals surface area contributed by atoms with E-state index in [0.29, 0.717) is 0 Å². The Balaban J connectivity index is -0.0000000171. The van der Waals surface area contributed by atoms with Gasteiger partial charge in [-0.05, 0) is 0 Å². The van der Waals surface area contributed by atoms with Gasteiger partial charge in [0.05, 0.1) is 0 Å². The van der Waals surface area contributed by atoms with Crippen LogP contribution in [0, 0.1) is 0 Å². The van der Waals surface area contributed by atoms with Gasteiger partial charge in [0, 0.05) is 17.1 Å². The molecule has 0 amide bonds.